The van der Waals surface area contributed by atoms with E-state index in [0.29, 0.717) is 12.3 Å². The number of anilines is 2. The van der Waals surface area contributed by atoms with Crippen molar-refractivity contribution >= 4 is 11.4 Å². The van der Waals surface area contributed by atoms with E-state index in [2.05, 4.69) is 11.8 Å². The molecule has 2 rings (SSSR count). The van der Waals surface area contributed by atoms with Gasteiger partial charge in [0.15, 0.2) is 11.6 Å². The number of nitrogen functional groups attached to an aromatic ring is 1. The van der Waals surface area contributed by atoms with Gasteiger partial charge in [0, 0.05) is 32.3 Å². The molecule has 1 fully saturated rings. The summed E-state index contributed by atoms with van der Waals surface area (Å²) in [5.41, 5.74) is 7.08. The molecule has 5 heteroatoms. The Morgan fingerprint density at radius 1 is 1.43 bits per heavy atom. The minimum atomic E-state index is -0.406. The lowest BCUT2D eigenvalue weighted by molar-refractivity contribution is -0.00463. The maximum Gasteiger partial charge on any atom is 0.167 e. The molecule has 0 radical (unpaired) electrons. The number of nitrogens with zero attached hydrogens (tertiary/aromatic N) is 1. The zero-order valence-electron chi connectivity index (χ0n) is 13.1. The van der Waals surface area contributed by atoms with Crippen molar-refractivity contribution in [2.45, 2.75) is 38.7 Å². The van der Waals surface area contributed by atoms with Crippen LogP contribution >= 0.6 is 0 Å². The molecule has 4 nitrogen and oxygen atoms in total. The van der Waals surface area contributed by atoms with Crippen LogP contribution in [0.4, 0.5) is 15.8 Å². The Kier molecular flexibility index (Phi) is 4.93. The molecule has 1 saturated heterocycles. The van der Waals surface area contributed by atoms with Crippen LogP contribution < -0.4 is 15.4 Å². The zero-order valence-corrected chi connectivity index (χ0v) is 13.1. The molecule has 0 bridgehead atoms. The third-order valence-corrected chi connectivity index (χ3v) is 4.04. The molecule has 0 amide bonds. The van der Waals surface area contributed by atoms with Gasteiger partial charge in [-0.25, -0.2) is 4.39 Å². The summed E-state index contributed by atoms with van der Waals surface area (Å²) in [5.74, 6) is -0.137. The Bertz CT molecular complexity index is 495. The lowest BCUT2D eigenvalue weighted by atomic mass is 9.94. The maximum absolute atomic E-state index is 13.9. The molecule has 1 atom stereocenters. The lowest BCUT2D eigenvalue weighted by Gasteiger charge is -2.41. The van der Waals surface area contributed by atoms with E-state index in [-0.39, 0.29) is 11.4 Å². The van der Waals surface area contributed by atoms with E-state index in [9.17, 15) is 4.39 Å². The first-order valence-corrected chi connectivity index (χ1v) is 7.51. The van der Waals surface area contributed by atoms with Crippen molar-refractivity contribution in [2.75, 3.05) is 37.4 Å². The molecule has 0 aliphatic carbocycles. The summed E-state index contributed by atoms with van der Waals surface area (Å²) in [7, 11) is 1.73. The van der Waals surface area contributed by atoms with Gasteiger partial charge in [0.25, 0.3) is 0 Å². The van der Waals surface area contributed by atoms with Crippen LogP contribution in [0.25, 0.3) is 0 Å². The van der Waals surface area contributed by atoms with Crippen molar-refractivity contribution < 1.29 is 13.9 Å². The standard InChI is InChI=1S/C16H25FN2O2/c1-4-8-21-15-10-14(13(18)9-12(15)17)19-7-5-6-16(2,11-19)20-3/h9-10H,4-8,11,18H2,1-3H3. The summed E-state index contributed by atoms with van der Waals surface area (Å²) in [4.78, 5) is 2.15. The van der Waals surface area contributed by atoms with Gasteiger partial charge in [-0.15, -0.1) is 0 Å². The zero-order chi connectivity index (χ0) is 15.5. The van der Waals surface area contributed by atoms with Crippen molar-refractivity contribution in [2.24, 2.45) is 0 Å². The molecule has 2 N–H and O–H groups in total. The summed E-state index contributed by atoms with van der Waals surface area (Å²) < 4.78 is 25.0. The van der Waals surface area contributed by atoms with Gasteiger partial charge < -0.3 is 20.1 Å². The Morgan fingerprint density at radius 2 is 2.19 bits per heavy atom. The van der Waals surface area contributed by atoms with Crippen molar-refractivity contribution in [3.05, 3.63) is 17.9 Å². The molecule has 0 aromatic heterocycles. The minimum Gasteiger partial charge on any atom is -0.490 e. The number of piperidine rings is 1. The van der Waals surface area contributed by atoms with Crippen LogP contribution in [-0.4, -0.2) is 32.4 Å². The van der Waals surface area contributed by atoms with Gasteiger partial charge in [0.05, 0.1) is 23.6 Å². The molecule has 1 aliphatic rings. The highest BCUT2D eigenvalue weighted by Crippen LogP contribution is 2.35. The second kappa shape index (κ2) is 6.52. The molecule has 118 valence electrons. The highest BCUT2D eigenvalue weighted by molar-refractivity contribution is 5.70. The number of halogens is 1. The fourth-order valence-corrected chi connectivity index (χ4v) is 2.73. The summed E-state index contributed by atoms with van der Waals surface area (Å²) in [6.07, 6.45) is 2.87. The summed E-state index contributed by atoms with van der Waals surface area (Å²) in [6, 6.07) is 3.06. The SMILES string of the molecule is CCCOc1cc(N2CCCC(C)(OC)C2)c(N)cc1F. The van der Waals surface area contributed by atoms with Gasteiger partial charge >= 0.3 is 0 Å². The molecule has 0 saturated carbocycles. The molecular formula is C16H25FN2O2. The van der Waals surface area contributed by atoms with Crippen LogP contribution in [0.3, 0.4) is 0 Å². The molecule has 1 unspecified atom stereocenters. The number of hydrogen-bond donors (Lipinski definition) is 1. The van der Waals surface area contributed by atoms with E-state index >= 15 is 0 Å². The summed E-state index contributed by atoms with van der Waals surface area (Å²) in [5, 5.41) is 0. The minimum absolute atomic E-state index is 0.191. The van der Waals surface area contributed by atoms with E-state index in [4.69, 9.17) is 15.2 Å². The second-order valence-corrected chi connectivity index (χ2v) is 5.87. The Balaban J connectivity index is 2.25. The van der Waals surface area contributed by atoms with E-state index in [1.807, 2.05) is 6.92 Å². The highest BCUT2D eigenvalue weighted by atomic mass is 19.1. The smallest absolute Gasteiger partial charge is 0.167 e. The van der Waals surface area contributed by atoms with Gasteiger partial charge in [-0.2, -0.15) is 0 Å². The number of benzene rings is 1. The maximum atomic E-state index is 13.9. The van der Waals surface area contributed by atoms with Gasteiger partial charge in [0.1, 0.15) is 0 Å². The van der Waals surface area contributed by atoms with Crippen molar-refractivity contribution in [3.8, 4) is 5.75 Å². The molecule has 0 spiro atoms. The predicted molar refractivity (Wildman–Crippen MR) is 83.5 cm³/mol. The van der Waals surface area contributed by atoms with Crippen LogP contribution in [0.2, 0.25) is 0 Å². The quantitative estimate of drug-likeness (QED) is 0.848. The topological polar surface area (TPSA) is 47.7 Å². The Hall–Kier alpha value is -1.49. The van der Waals surface area contributed by atoms with Gasteiger partial charge in [0.2, 0.25) is 0 Å². The second-order valence-electron chi connectivity index (χ2n) is 5.87. The van der Waals surface area contributed by atoms with Crippen LogP contribution in [0.1, 0.15) is 33.1 Å². The van der Waals surface area contributed by atoms with Crippen molar-refractivity contribution in [3.63, 3.8) is 0 Å². The Morgan fingerprint density at radius 3 is 2.86 bits per heavy atom. The van der Waals surface area contributed by atoms with E-state index < -0.39 is 5.82 Å². The average molecular weight is 296 g/mol. The third-order valence-electron chi connectivity index (χ3n) is 4.04. The van der Waals surface area contributed by atoms with E-state index in [1.165, 1.54) is 6.07 Å². The summed E-state index contributed by atoms with van der Waals surface area (Å²) >= 11 is 0. The first-order valence-electron chi connectivity index (χ1n) is 7.51. The van der Waals surface area contributed by atoms with Gasteiger partial charge in [-0.1, -0.05) is 6.92 Å². The van der Waals surface area contributed by atoms with Crippen LogP contribution in [-0.2, 0) is 4.74 Å². The molecule has 1 aliphatic heterocycles. The largest absolute Gasteiger partial charge is 0.490 e. The number of methoxy groups -OCH3 is 1. The lowest BCUT2D eigenvalue weighted by Crippen LogP contribution is -2.47. The van der Waals surface area contributed by atoms with Crippen LogP contribution in [0.5, 0.6) is 5.75 Å². The van der Waals surface area contributed by atoms with Gasteiger partial charge in [-0.05, 0) is 26.2 Å². The molecule has 1 heterocycles. The normalized spacial score (nSPS) is 22.4. The van der Waals surface area contributed by atoms with E-state index in [0.717, 1.165) is 38.0 Å². The van der Waals surface area contributed by atoms with Crippen molar-refractivity contribution in [1.82, 2.24) is 0 Å². The van der Waals surface area contributed by atoms with Crippen LogP contribution in [0, 0.1) is 5.82 Å². The van der Waals surface area contributed by atoms with Gasteiger partial charge in [-0.3, -0.25) is 0 Å². The number of ether oxygens (including phenoxy) is 2. The number of rotatable bonds is 5. The fourth-order valence-electron chi connectivity index (χ4n) is 2.73. The van der Waals surface area contributed by atoms with Crippen molar-refractivity contribution in [1.29, 1.82) is 0 Å². The first-order chi connectivity index (χ1) is 9.99. The fraction of sp³-hybridized carbons (Fsp3) is 0.625. The third kappa shape index (κ3) is 3.59. The monoisotopic (exact) mass is 296 g/mol. The van der Waals surface area contributed by atoms with Crippen LogP contribution in [0.15, 0.2) is 12.1 Å². The highest BCUT2D eigenvalue weighted by Gasteiger charge is 2.31. The molecular weight excluding hydrogens is 271 g/mol. The Labute approximate surface area is 126 Å². The van der Waals surface area contributed by atoms with E-state index in [1.54, 1.807) is 13.2 Å². The first kappa shape index (κ1) is 15.9. The molecule has 1 aromatic carbocycles. The molecule has 1 aromatic rings. The number of hydrogen-bond acceptors (Lipinski definition) is 4. The summed E-state index contributed by atoms with van der Waals surface area (Å²) in [6.45, 7) is 6.21. The number of nitrogens with two attached hydrogens (primary N) is 1. The predicted octanol–water partition coefficient (Wildman–Crippen LogP) is 3.20. The average Bonchev–Trinajstić information content (AvgIpc) is 2.46. The molecule has 21 heavy (non-hydrogen) atoms.